The standard InChI is InChI=1S/C8H5ClN2O/c9-7-3-1-2-6(4-7)8(5-12)11-10/h1-5H. The Labute approximate surface area is 74.2 Å². The molecule has 0 atom stereocenters. The van der Waals surface area contributed by atoms with Crippen LogP contribution in [0, 0.1) is 0 Å². The monoisotopic (exact) mass is 180 g/mol. The summed E-state index contributed by atoms with van der Waals surface area (Å²) in [6.07, 6.45) is 0.464. The second kappa shape index (κ2) is 3.81. The predicted octanol–water partition coefficient (Wildman–Crippen LogP) is 1.56. The molecule has 4 heteroatoms. The highest BCUT2D eigenvalue weighted by Crippen LogP contribution is 2.09. The summed E-state index contributed by atoms with van der Waals surface area (Å²) in [7, 11) is 0. The number of halogens is 1. The smallest absolute Gasteiger partial charge is 0.361 e. The summed E-state index contributed by atoms with van der Waals surface area (Å²) in [5, 5.41) is 0.496. The molecular weight excluding hydrogens is 176 g/mol. The Morgan fingerprint density at radius 1 is 1.58 bits per heavy atom. The van der Waals surface area contributed by atoms with Crippen LogP contribution in [0.5, 0.6) is 0 Å². The van der Waals surface area contributed by atoms with Crippen LogP contribution in [0.1, 0.15) is 5.56 Å². The van der Waals surface area contributed by atoms with E-state index in [0.29, 0.717) is 16.9 Å². The molecule has 0 aliphatic carbocycles. The minimum atomic E-state index is -0.0301. The predicted molar refractivity (Wildman–Crippen MR) is 45.2 cm³/mol. The molecule has 0 aliphatic rings. The van der Waals surface area contributed by atoms with Crippen LogP contribution < -0.4 is 0 Å². The second-order valence-electron chi connectivity index (χ2n) is 2.11. The van der Waals surface area contributed by atoms with E-state index < -0.39 is 0 Å². The molecule has 0 amide bonds. The minimum Gasteiger partial charge on any atom is -0.361 e. The Kier molecular flexibility index (Phi) is 2.75. The number of aldehydes is 1. The van der Waals surface area contributed by atoms with Crippen molar-refractivity contribution in [2.24, 2.45) is 0 Å². The molecule has 0 unspecified atom stereocenters. The molecule has 0 heterocycles. The lowest BCUT2D eigenvalue weighted by Gasteiger charge is -1.90. The lowest BCUT2D eigenvalue weighted by atomic mass is 10.1. The van der Waals surface area contributed by atoms with Gasteiger partial charge in [-0.15, -0.1) is 0 Å². The molecule has 0 radical (unpaired) electrons. The number of hydrogen-bond acceptors (Lipinski definition) is 1. The van der Waals surface area contributed by atoms with Crippen molar-refractivity contribution in [3.05, 3.63) is 40.4 Å². The lowest BCUT2D eigenvalue weighted by molar-refractivity contribution is -0.106. The van der Waals surface area contributed by atoms with Gasteiger partial charge < -0.3 is 5.53 Å². The molecule has 12 heavy (non-hydrogen) atoms. The summed E-state index contributed by atoms with van der Waals surface area (Å²) in [6, 6.07) is 6.53. The van der Waals surface area contributed by atoms with Crippen molar-refractivity contribution >= 4 is 23.6 Å². The first-order chi connectivity index (χ1) is 5.77. The van der Waals surface area contributed by atoms with Crippen molar-refractivity contribution in [2.75, 3.05) is 0 Å². The zero-order valence-electron chi connectivity index (χ0n) is 6.07. The zero-order valence-corrected chi connectivity index (χ0v) is 6.82. The third kappa shape index (κ3) is 1.78. The molecule has 60 valence electrons. The number of nitrogens with zero attached hydrogens (tertiary/aromatic N) is 2. The summed E-state index contributed by atoms with van der Waals surface area (Å²) in [5.74, 6) is 0. The van der Waals surface area contributed by atoms with Gasteiger partial charge in [0.2, 0.25) is 6.29 Å². The van der Waals surface area contributed by atoms with E-state index >= 15 is 0 Å². The van der Waals surface area contributed by atoms with Gasteiger partial charge in [-0.05, 0) is 18.2 Å². The maximum absolute atomic E-state index is 10.3. The molecular formula is C8H5ClN2O. The van der Waals surface area contributed by atoms with Crippen molar-refractivity contribution in [3.63, 3.8) is 0 Å². The van der Waals surface area contributed by atoms with Crippen molar-refractivity contribution in [1.29, 1.82) is 0 Å². The van der Waals surface area contributed by atoms with Gasteiger partial charge >= 0.3 is 5.71 Å². The molecule has 1 aromatic carbocycles. The highest BCUT2D eigenvalue weighted by Gasteiger charge is 2.09. The van der Waals surface area contributed by atoms with Crippen LogP contribution in [0.2, 0.25) is 5.02 Å². The van der Waals surface area contributed by atoms with Crippen LogP contribution in [-0.4, -0.2) is 16.8 Å². The number of rotatable bonds is 2. The highest BCUT2D eigenvalue weighted by molar-refractivity contribution is 6.35. The molecule has 0 saturated heterocycles. The average molecular weight is 181 g/mol. The third-order valence-electron chi connectivity index (χ3n) is 1.34. The number of carbonyl (C=O) groups is 1. The Morgan fingerprint density at radius 3 is 2.83 bits per heavy atom. The number of carbonyl (C=O) groups excluding carboxylic acids is 1. The van der Waals surface area contributed by atoms with Crippen molar-refractivity contribution in [3.8, 4) is 0 Å². The van der Waals surface area contributed by atoms with Crippen LogP contribution in [0.25, 0.3) is 5.53 Å². The second-order valence-corrected chi connectivity index (χ2v) is 2.55. The summed E-state index contributed by atoms with van der Waals surface area (Å²) in [4.78, 5) is 13.1. The van der Waals surface area contributed by atoms with Crippen molar-refractivity contribution in [1.82, 2.24) is 0 Å². The van der Waals surface area contributed by atoms with Crippen LogP contribution in [0.3, 0.4) is 0 Å². The molecule has 1 aromatic rings. The van der Waals surface area contributed by atoms with Crippen molar-refractivity contribution in [2.45, 2.75) is 0 Å². The van der Waals surface area contributed by atoms with Gasteiger partial charge in [0.15, 0.2) is 0 Å². The molecule has 3 nitrogen and oxygen atoms in total. The number of benzene rings is 1. The van der Waals surface area contributed by atoms with Crippen LogP contribution in [0.15, 0.2) is 24.3 Å². The maximum Gasteiger partial charge on any atom is 0.361 e. The zero-order chi connectivity index (χ0) is 8.97. The lowest BCUT2D eigenvalue weighted by Crippen LogP contribution is -2.02. The van der Waals surface area contributed by atoms with Crippen molar-refractivity contribution < 1.29 is 9.58 Å². The summed E-state index contributed by atoms with van der Waals surface area (Å²) in [6.45, 7) is 0. The van der Waals surface area contributed by atoms with E-state index in [1.165, 1.54) is 0 Å². The fourth-order valence-corrected chi connectivity index (χ4v) is 0.987. The van der Waals surface area contributed by atoms with Gasteiger partial charge in [0, 0.05) is 5.02 Å². The SMILES string of the molecule is [N-]=[N+]=C(C=O)c1cccc(Cl)c1. The van der Waals surface area contributed by atoms with Gasteiger partial charge in [0.05, 0.1) is 5.56 Å². The molecule has 0 saturated carbocycles. The Bertz CT molecular complexity index is 356. The highest BCUT2D eigenvalue weighted by atomic mass is 35.5. The quantitative estimate of drug-likeness (QED) is 0.295. The molecule has 1 rings (SSSR count). The van der Waals surface area contributed by atoms with Crippen LogP contribution >= 0.6 is 11.6 Å². The maximum atomic E-state index is 10.3. The van der Waals surface area contributed by atoms with Gasteiger partial charge in [0.25, 0.3) is 0 Å². The van der Waals surface area contributed by atoms with Gasteiger partial charge in [-0.1, -0.05) is 17.7 Å². The van der Waals surface area contributed by atoms with E-state index in [2.05, 4.69) is 4.79 Å². The first kappa shape index (κ1) is 8.65. The van der Waals surface area contributed by atoms with E-state index in [9.17, 15) is 4.79 Å². The molecule has 0 aliphatic heterocycles. The Morgan fingerprint density at radius 2 is 2.33 bits per heavy atom. The summed E-state index contributed by atoms with van der Waals surface area (Å²) in [5.41, 5.74) is 8.85. The molecule has 0 aromatic heterocycles. The molecule has 0 N–H and O–H groups in total. The van der Waals surface area contributed by atoms with E-state index in [4.69, 9.17) is 17.1 Å². The largest absolute Gasteiger partial charge is 0.361 e. The summed E-state index contributed by atoms with van der Waals surface area (Å²) >= 11 is 5.65. The van der Waals surface area contributed by atoms with Gasteiger partial charge in [-0.25, -0.2) is 0 Å². The van der Waals surface area contributed by atoms with Crippen LogP contribution in [-0.2, 0) is 4.79 Å². The van der Waals surface area contributed by atoms with Gasteiger partial charge in [-0.3, -0.25) is 4.79 Å². The van der Waals surface area contributed by atoms with E-state index in [1.807, 2.05) is 0 Å². The van der Waals surface area contributed by atoms with E-state index in [-0.39, 0.29) is 5.71 Å². The fourth-order valence-electron chi connectivity index (χ4n) is 0.797. The first-order valence-electron chi connectivity index (χ1n) is 3.21. The average Bonchev–Trinajstić information content (AvgIpc) is 2.07. The summed E-state index contributed by atoms with van der Waals surface area (Å²) < 4.78 is 0. The first-order valence-corrected chi connectivity index (χ1v) is 3.59. The molecule has 0 spiro atoms. The minimum absolute atomic E-state index is 0.0301. The topological polar surface area (TPSA) is 53.5 Å². The fraction of sp³-hybridized carbons (Fsp3) is 0. The van der Waals surface area contributed by atoms with Gasteiger partial charge in [0.1, 0.15) is 0 Å². The normalized spacial score (nSPS) is 8.75. The third-order valence-corrected chi connectivity index (χ3v) is 1.57. The molecule has 0 bridgehead atoms. The van der Waals surface area contributed by atoms with E-state index in [1.54, 1.807) is 24.3 Å². The van der Waals surface area contributed by atoms with Gasteiger partial charge in [-0.2, -0.15) is 4.79 Å². The van der Waals surface area contributed by atoms with E-state index in [0.717, 1.165) is 0 Å². The molecule has 0 fully saturated rings. The Balaban J connectivity index is 3.19. The van der Waals surface area contributed by atoms with Crippen LogP contribution in [0.4, 0.5) is 0 Å². The Hall–Kier alpha value is -1.44. The number of hydrogen-bond donors (Lipinski definition) is 0.